The molecule has 0 spiro atoms. The summed E-state index contributed by atoms with van der Waals surface area (Å²) in [6.45, 7) is 4.86. The fraction of sp³-hybridized carbons (Fsp3) is 0.610. The predicted molar refractivity (Wildman–Crippen MR) is 447 cm³/mol. The van der Waals surface area contributed by atoms with Crippen LogP contribution < -0.4 is 54.4 Å². The number of carbonyl (C=O) groups excluding carboxylic acids is 14. The van der Waals surface area contributed by atoms with Crippen molar-refractivity contribution in [2.24, 2.45) is 51.8 Å². The maximum absolute atomic E-state index is 15.2. The number of fused-ring (bicyclic) bond motifs is 1. The van der Waals surface area contributed by atoms with E-state index in [4.69, 9.17) is 36.1 Å². The lowest BCUT2D eigenvalue weighted by atomic mass is 9.87. The van der Waals surface area contributed by atoms with Gasteiger partial charge in [0.15, 0.2) is 29.6 Å². The highest BCUT2D eigenvalue weighted by atomic mass is 33.1. The summed E-state index contributed by atoms with van der Waals surface area (Å²) in [5.41, 5.74) is 18.8. The number of H-pyrrole nitrogens is 2. The number of para-hydroxylation sites is 1. The van der Waals surface area contributed by atoms with Crippen molar-refractivity contribution in [3.8, 4) is 5.75 Å². The van der Waals surface area contributed by atoms with Crippen molar-refractivity contribution in [3.63, 3.8) is 0 Å². The highest BCUT2D eigenvalue weighted by Gasteiger charge is 2.41. The van der Waals surface area contributed by atoms with Crippen molar-refractivity contribution in [3.05, 3.63) is 84.1 Å². The van der Waals surface area contributed by atoms with Gasteiger partial charge in [0.05, 0.1) is 57.5 Å². The SMILES string of the molecule is CCC(CO)OC(COC(=O)CCCC(=O)NCCSSCCOCCC(=O)NCCCCC(NC(=O)[C@H](CC(=O)[C@@H](CO)NC(=O)[C@H](CC(=O)[C@@H](Cc1cnc[nH]1)NC(=O)[C@H]1CCC(=O)C1)Cc1c[nH]c2ccccc12)Cc1ccc(O)cc1)C(=O)C[C@H](CC(C)C)C(=O)N[C@H](CCCN=C(N)N)C(=O)N1CCC[C@H]1C(=O)NCC(N)=O)OC. The molecule has 1 saturated heterocycles. The number of unbranched alkanes of at least 4 members (excludes halogenated alkanes) is 1. The topological polar surface area (TPSA) is 559 Å². The lowest BCUT2D eigenvalue weighted by molar-refractivity contribution is -0.194. The lowest BCUT2D eigenvalue weighted by Crippen LogP contribution is -2.55. The molecule has 18 N–H and O–H groups in total. The molecule has 662 valence electrons. The normalized spacial score (nSPS) is 16.2. The van der Waals surface area contributed by atoms with Crippen LogP contribution in [0.4, 0.5) is 0 Å². The fourth-order valence-corrected chi connectivity index (χ4v) is 15.8. The Bertz CT molecular complexity index is 4010. The van der Waals surface area contributed by atoms with Crippen molar-refractivity contribution in [1.29, 1.82) is 0 Å². The van der Waals surface area contributed by atoms with Crippen molar-refractivity contribution in [2.45, 2.75) is 205 Å². The second-order valence-electron chi connectivity index (χ2n) is 30.4. The number of Topliss-reactive ketones (excluding diaryl/α,β-unsaturated/α-hetero) is 4. The van der Waals surface area contributed by atoms with E-state index in [9.17, 15) is 72.9 Å². The number of aliphatic hydroxyl groups excluding tert-OH is 2. The van der Waals surface area contributed by atoms with Gasteiger partial charge in [-0.15, -0.1) is 0 Å². The van der Waals surface area contributed by atoms with Crippen LogP contribution in [0.25, 0.3) is 10.9 Å². The molecule has 120 heavy (non-hydrogen) atoms. The molecule has 6 rings (SSSR count). The number of aromatic nitrogens is 3. The number of ketones is 4. The van der Waals surface area contributed by atoms with E-state index in [-0.39, 0.29) is 177 Å². The van der Waals surface area contributed by atoms with Crippen LogP contribution >= 0.6 is 21.6 Å². The van der Waals surface area contributed by atoms with Crippen LogP contribution in [-0.4, -0.2) is 250 Å². The zero-order chi connectivity index (χ0) is 87.5. The number of imidazole rings is 1. The number of aliphatic hydroxyl groups is 2. The molecule has 1 aliphatic carbocycles. The number of nitrogens with one attached hydrogen (secondary N) is 9. The maximum Gasteiger partial charge on any atom is 0.305 e. The van der Waals surface area contributed by atoms with E-state index >= 15 is 9.59 Å². The summed E-state index contributed by atoms with van der Waals surface area (Å²) in [7, 11) is 4.44. The molecule has 2 aliphatic rings. The third-order valence-electron chi connectivity index (χ3n) is 20.5. The van der Waals surface area contributed by atoms with Gasteiger partial charge in [0.1, 0.15) is 36.3 Å². The number of phenols is 1. The molecule has 1 aliphatic heterocycles. The molecule has 36 nitrogen and oxygen atoms in total. The first-order valence-electron chi connectivity index (χ1n) is 41.0. The minimum Gasteiger partial charge on any atom is -0.508 e. The Hall–Kier alpha value is -9.86. The van der Waals surface area contributed by atoms with Gasteiger partial charge < -0.3 is 104 Å². The second-order valence-corrected chi connectivity index (χ2v) is 33.1. The Labute approximate surface area is 706 Å². The zero-order valence-electron chi connectivity index (χ0n) is 68.9. The van der Waals surface area contributed by atoms with Gasteiger partial charge in [-0.2, -0.15) is 0 Å². The number of phenolic OH excluding ortho intramolecular Hbond substituents is 1. The summed E-state index contributed by atoms with van der Waals surface area (Å²) in [6, 6.07) is 6.57. The number of rotatable bonds is 60. The van der Waals surface area contributed by atoms with Crippen molar-refractivity contribution >= 4 is 121 Å². The predicted octanol–water partition coefficient (Wildman–Crippen LogP) is 2.01. The summed E-state index contributed by atoms with van der Waals surface area (Å²) in [5, 5.41) is 50.8. The minimum atomic E-state index is -1.67. The standard InChI is InChI=1S/C82H121N15O21S2/c1-5-60(46-98)118-75(115-4)48-117-74(108)19-10-18-72(106)88-29-33-119-120-34-32-116-31-26-73(107)87-27-9-8-15-63(68(102)39-53(35-50(2)3)77(110)94-64(16-11-28-89-82(84)85)81(114)97-30-12-17-67(97)80(113)91-45-71(83)105)93-78(111)54(36-51-20-23-58(100)24-21-51)40-70(104)66(47-99)96-79(112)55(37-56-43-90-62-14-7-6-13-61(56)62)41-69(103)65(42-57-44-86-49-92-57)95-76(109)52-22-25-59(101)38-52/h6-7,13-14,20-21,23-24,43-44,49-50,52-55,60,63-67,75,90,98-100H,5,8-12,15-19,22,25-42,45-48H2,1-4H3,(H2,83,105)(H,86,92)(H,87,107)(H,88,106)(H,91,113)(H,93,111)(H,94,110)(H,95,109)(H,96,112)(H4,84,85,89)/t52-,53-,54-,55-,60?,63?,64+,65+,66+,67-,75?/m0/s1. The summed E-state index contributed by atoms with van der Waals surface area (Å²) < 4.78 is 21.6. The molecule has 0 radical (unpaired) electrons. The number of nitrogens with zero attached hydrogens (tertiary/aromatic N) is 3. The van der Waals surface area contributed by atoms with Gasteiger partial charge >= 0.3 is 5.97 Å². The molecule has 0 bridgehead atoms. The van der Waals surface area contributed by atoms with Gasteiger partial charge in [0.2, 0.25) is 53.2 Å². The Balaban J connectivity index is 1.15. The van der Waals surface area contributed by atoms with Gasteiger partial charge in [0, 0.05) is 155 Å². The number of aromatic amines is 2. The monoisotopic (exact) mass is 1720 g/mol. The second kappa shape index (κ2) is 53.7. The largest absolute Gasteiger partial charge is 0.508 e. The van der Waals surface area contributed by atoms with Crippen LogP contribution in [0.1, 0.15) is 160 Å². The number of hydrogen-bond donors (Lipinski definition) is 15. The van der Waals surface area contributed by atoms with Crippen LogP contribution in [0.2, 0.25) is 0 Å². The van der Waals surface area contributed by atoms with Gasteiger partial charge in [-0.3, -0.25) is 72.1 Å². The number of aliphatic imine (C=N–C) groups is 1. The molecule has 3 unspecified atom stereocenters. The molecule has 2 aromatic heterocycles. The van der Waals surface area contributed by atoms with Crippen molar-refractivity contribution in [2.75, 3.05) is 84.4 Å². The number of guanidine groups is 1. The van der Waals surface area contributed by atoms with E-state index < -0.39 is 163 Å². The first-order chi connectivity index (χ1) is 57.6. The van der Waals surface area contributed by atoms with E-state index in [2.05, 4.69) is 57.2 Å². The van der Waals surface area contributed by atoms with E-state index in [0.29, 0.717) is 60.7 Å². The molecular weight excluding hydrogens is 1600 g/mol. The quantitative estimate of drug-likeness (QED) is 0.00750. The Kier molecular flexibility index (Phi) is 44.3. The number of benzene rings is 2. The highest BCUT2D eigenvalue weighted by Crippen LogP contribution is 2.29. The average Bonchev–Trinajstić information content (AvgIpc) is 1.65. The smallest absolute Gasteiger partial charge is 0.305 e. The number of primary amides is 1. The molecule has 1 saturated carbocycles. The number of methoxy groups -OCH3 is 1. The van der Waals surface area contributed by atoms with Gasteiger partial charge in [-0.05, 0) is 119 Å². The first kappa shape index (κ1) is 99.0. The molecule has 3 heterocycles. The molecule has 9 amide bonds. The third kappa shape index (κ3) is 35.8. The molecule has 38 heteroatoms. The number of likely N-dealkylation sites (tertiary alicyclic amines) is 1. The Morgan fingerprint density at radius 2 is 1.36 bits per heavy atom. The number of carbonyl (C=O) groups is 14. The molecule has 2 fully saturated rings. The number of amides is 9. The first-order valence-corrected chi connectivity index (χ1v) is 43.5. The van der Waals surface area contributed by atoms with Gasteiger partial charge in [0.25, 0.3) is 0 Å². The fourth-order valence-electron chi connectivity index (χ4n) is 14.0. The third-order valence-corrected chi connectivity index (χ3v) is 22.9. The van der Waals surface area contributed by atoms with Crippen LogP contribution in [0.15, 0.2) is 72.2 Å². The average molecular weight is 1720 g/mol. The zero-order valence-corrected chi connectivity index (χ0v) is 70.5. The van der Waals surface area contributed by atoms with Crippen molar-refractivity contribution < 1.29 is 101 Å². The minimum absolute atomic E-state index is 0.00833. The van der Waals surface area contributed by atoms with E-state index in [1.165, 1.54) is 70.4 Å². The summed E-state index contributed by atoms with van der Waals surface area (Å²) in [4.78, 5) is 208. The number of nitrogens with two attached hydrogens (primary N) is 3. The van der Waals surface area contributed by atoms with Crippen LogP contribution in [0.5, 0.6) is 5.75 Å². The summed E-state index contributed by atoms with van der Waals surface area (Å²) >= 11 is 0. The van der Waals surface area contributed by atoms with Gasteiger partial charge in [-0.1, -0.05) is 72.7 Å². The number of aromatic hydroxyl groups is 1. The summed E-state index contributed by atoms with van der Waals surface area (Å²) in [6.07, 6.45) is 4.30. The van der Waals surface area contributed by atoms with Crippen LogP contribution in [0.3, 0.4) is 0 Å². The molecule has 2 aromatic carbocycles. The van der Waals surface area contributed by atoms with Crippen LogP contribution in [-0.2, 0) is 105 Å². The number of ether oxygens (including phenoxy) is 4. The van der Waals surface area contributed by atoms with Crippen molar-refractivity contribution in [1.82, 2.24) is 57.1 Å². The Morgan fingerprint density at radius 1 is 0.692 bits per heavy atom. The lowest BCUT2D eigenvalue weighted by Gasteiger charge is -2.30. The Morgan fingerprint density at radius 3 is 2.03 bits per heavy atom. The molecule has 11 atom stereocenters. The molecule has 4 aromatic rings. The summed E-state index contributed by atoms with van der Waals surface area (Å²) in [5.74, 6) is -11.7. The van der Waals surface area contributed by atoms with Gasteiger partial charge in [-0.25, -0.2) is 4.98 Å². The van der Waals surface area contributed by atoms with E-state index in [0.717, 1.165) is 10.9 Å². The van der Waals surface area contributed by atoms with E-state index in [1.54, 1.807) is 12.3 Å². The van der Waals surface area contributed by atoms with Crippen LogP contribution in [0, 0.1) is 29.6 Å². The highest BCUT2D eigenvalue weighted by molar-refractivity contribution is 8.76. The molecular formula is C82H121N15O21S2. The number of esters is 1. The van der Waals surface area contributed by atoms with E-state index in [1.807, 2.05) is 39.0 Å². The number of hydrogen-bond acceptors (Lipinski definition) is 25. The maximum atomic E-state index is 15.2.